The van der Waals surface area contributed by atoms with Gasteiger partial charge in [-0.25, -0.2) is 0 Å². The predicted octanol–water partition coefficient (Wildman–Crippen LogP) is 3.45. The van der Waals surface area contributed by atoms with Gasteiger partial charge in [0.05, 0.1) is 5.69 Å². The molecule has 2 aromatic rings. The van der Waals surface area contributed by atoms with Crippen molar-refractivity contribution in [3.63, 3.8) is 0 Å². The molecule has 0 saturated heterocycles. The van der Waals surface area contributed by atoms with Gasteiger partial charge in [-0.15, -0.1) is 0 Å². The van der Waals surface area contributed by atoms with Crippen molar-refractivity contribution < 1.29 is 0 Å². The van der Waals surface area contributed by atoms with Crippen molar-refractivity contribution >= 4 is 17.4 Å². The maximum absolute atomic E-state index is 5.88. The summed E-state index contributed by atoms with van der Waals surface area (Å²) in [6, 6.07) is 8.58. The maximum Gasteiger partial charge on any atom is 0.146 e. The van der Waals surface area contributed by atoms with Crippen LogP contribution in [0.1, 0.15) is 26.3 Å². The first-order valence-electron chi connectivity index (χ1n) is 5.94. The summed E-state index contributed by atoms with van der Waals surface area (Å²) in [5, 5.41) is 5.19. The van der Waals surface area contributed by atoms with Crippen molar-refractivity contribution in [3.8, 4) is 0 Å². The van der Waals surface area contributed by atoms with E-state index in [1.165, 1.54) is 5.56 Å². The molecule has 0 fully saturated rings. The number of nitrogen functional groups attached to an aromatic ring is 1. The van der Waals surface area contributed by atoms with Gasteiger partial charge in [-0.3, -0.25) is 4.68 Å². The monoisotopic (exact) mass is 261 g/mol. The highest BCUT2D eigenvalue weighted by Gasteiger charge is 2.13. The van der Waals surface area contributed by atoms with Crippen LogP contribution in [0.25, 0.3) is 0 Å². The molecule has 3 nitrogen and oxygen atoms in total. The van der Waals surface area contributed by atoms with Crippen LogP contribution in [-0.2, 0) is 12.5 Å². The second-order valence-corrected chi connectivity index (χ2v) is 6.50. The van der Waals surface area contributed by atoms with Crippen LogP contribution in [-0.4, -0.2) is 9.78 Å². The fourth-order valence-corrected chi connectivity index (χ4v) is 2.54. The number of hydrogen-bond donors (Lipinski definition) is 1. The first-order valence-corrected chi connectivity index (χ1v) is 6.75. The number of hydrogen-bond acceptors (Lipinski definition) is 3. The van der Waals surface area contributed by atoms with Gasteiger partial charge >= 0.3 is 0 Å². The van der Waals surface area contributed by atoms with E-state index in [0.29, 0.717) is 0 Å². The molecule has 4 heteroatoms. The standard InChI is InChI=1S/C14H19N3S/c1-14(2,3)10-5-7-11(8-6-10)18-13-12(15)9-17(4)16-13/h5-9H,15H2,1-4H3. The zero-order chi connectivity index (χ0) is 13.3. The predicted molar refractivity (Wildman–Crippen MR) is 76.9 cm³/mol. The summed E-state index contributed by atoms with van der Waals surface area (Å²) >= 11 is 1.60. The lowest BCUT2D eigenvalue weighted by Gasteiger charge is -2.18. The molecule has 0 saturated carbocycles. The fourth-order valence-electron chi connectivity index (χ4n) is 1.70. The maximum atomic E-state index is 5.88. The van der Waals surface area contributed by atoms with Crippen molar-refractivity contribution in [2.24, 2.45) is 7.05 Å². The third-order valence-electron chi connectivity index (χ3n) is 2.76. The molecule has 0 aliphatic carbocycles. The summed E-state index contributed by atoms with van der Waals surface area (Å²) < 4.78 is 1.74. The lowest BCUT2D eigenvalue weighted by Crippen LogP contribution is -2.10. The van der Waals surface area contributed by atoms with Gasteiger partial charge in [0.25, 0.3) is 0 Å². The van der Waals surface area contributed by atoms with Gasteiger partial charge < -0.3 is 5.73 Å². The van der Waals surface area contributed by atoms with Gasteiger partial charge in [-0.05, 0) is 23.1 Å². The summed E-state index contributed by atoms with van der Waals surface area (Å²) in [5.41, 5.74) is 8.13. The van der Waals surface area contributed by atoms with Gasteiger partial charge in [-0.1, -0.05) is 44.7 Å². The summed E-state index contributed by atoms with van der Waals surface area (Å²) in [4.78, 5) is 1.16. The van der Waals surface area contributed by atoms with Gasteiger partial charge in [0.2, 0.25) is 0 Å². The summed E-state index contributed by atoms with van der Waals surface area (Å²) in [6.45, 7) is 6.64. The highest BCUT2D eigenvalue weighted by molar-refractivity contribution is 7.99. The Balaban J connectivity index is 2.18. The van der Waals surface area contributed by atoms with Crippen molar-refractivity contribution in [2.45, 2.75) is 36.1 Å². The number of nitrogens with zero attached hydrogens (tertiary/aromatic N) is 2. The second-order valence-electron chi connectivity index (χ2n) is 5.44. The van der Waals surface area contributed by atoms with Crippen molar-refractivity contribution in [3.05, 3.63) is 36.0 Å². The van der Waals surface area contributed by atoms with Crippen LogP contribution in [0.2, 0.25) is 0 Å². The van der Waals surface area contributed by atoms with E-state index < -0.39 is 0 Å². The normalized spacial score (nSPS) is 11.8. The number of nitrogens with two attached hydrogens (primary N) is 1. The van der Waals surface area contributed by atoms with Crippen LogP contribution in [0.5, 0.6) is 0 Å². The van der Waals surface area contributed by atoms with Crippen LogP contribution in [0.15, 0.2) is 40.4 Å². The molecule has 2 rings (SSSR count). The van der Waals surface area contributed by atoms with Crippen molar-refractivity contribution in [2.75, 3.05) is 5.73 Å². The summed E-state index contributed by atoms with van der Waals surface area (Å²) in [6.07, 6.45) is 1.83. The molecule has 0 unspecified atom stereocenters. The van der Waals surface area contributed by atoms with E-state index in [4.69, 9.17) is 5.73 Å². The lowest BCUT2D eigenvalue weighted by atomic mass is 9.87. The number of benzene rings is 1. The minimum Gasteiger partial charge on any atom is -0.395 e. The Morgan fingerprint density at radius 3 is 2.22 bits per heavy atom. The molecule has 0 amide bonds. The minimum absolute atomic E-state index is 0.188. The Morgan fingerprint density at radius 1 is 1.17 bits per heavy atom. The van der Waals surface area contributed by atoms with Crippen LogP contribution < -0.4 is 5.73 Å². The Kier molecular flexibility index (Phi) is 3.39. The topological polar surface area (TPSA) is 43.8 Å². The zero-order valence-corrected chi connectivity index (χ0v) is 12.1. The van der Waals surface area contributed by atoms with Gasteiger partial charge in [-0.2, -0.15) is 5.10 Å². The van der Waals surface area contributed by atoms with E-state index in [1.807, 2.05) is 13.2 Å². The van der Waals surface area contributed by atoms with E-state index in [2.05, 4.69) is 50.1 Å². The third-order valence-corrected chi connectivity index (χ3v) is 3.77. The average molecular weight is 261 g/mol. The molecule has 0 spiro atoms. The van der Waals surface area contributed by atoms with E-state index in [1.54, 1.807) is 16.4 Å². The number of rotatable bonds is 2. The fraction of sp³-hybridized carbons (Fsp3) is 0.357. The molecule has 2 N–H and O–H groups in total. The Labute approximate surface area is 112 Å². The highest BCUT2D eigenvalue weighted by atomic mass is 32.2. The Hall–Kier alpha value is -1.42. The Morgan fingerprint density at radius 2 is 1.78 bits per heavy atom. The summed E-state index contributed by atoms with van der Waals surface area (Å²) in [5.74, 6) is 0. The van der Waals surface area contributed by atoms with E-state index in [0.717, 1.165) is 15.6 Å². The molecule has 0 bridgehead atoms. The number of anilines is 1. The molecule has 0 atom stereocenters. The van der Waals surface area contributed by atoms with Crippen LogP contribution >= 0.6 is 11.8 Å². The molecule has 0 aliphatic heterocycles. The van der Waals surface area contributed by atoms with E-state index in [-0.39, 0.29) is 5.41 Å². The lowest BCUT2D eigenvalue weighted by molar-refractivity contribution is 0.590. The Bertz CT molecular complexity index is 535. The molecule has 18 heavy (non-hydrogen) atoms. The summed E-state index contributed by atoms with van der Waals surface area (Å²) in [7, 11) is 1.88. The van der Waals surface area contributed by atoms with E-state index >= 15 is 0 Å². The number of aromatic nitrogens is 2. The van der Waals surface area contributed by atoms with Crippen LogP contribution in [0.3, 0.4) is 0 Å². The molecule has 1 aromatic carbocycles. The van der Waals surface area contributed by atoms with E-state index in [9.17, 15) is 0 Å². The first kappa shape index (κ1) is 13.0. The third kappa shape index (κ3) is 2.88. The van der Waals surface area contributed by atoms with Crippen molar-refractivity contribution in [1.82, 2.24) is 9.78 Å². The molecule has 1 aromatic heterocycles. The first-order chi connectivity index (χ1) is 8.36. The van der Waals surface area contributed by atoms with Gasteiger partial charge in [0, 0.05) is 18.1 Å². The van der Waals surface area contributed by atoms with Gasteiger partial charge in [0.15, 0.2) is 0 Å². The smallest absolute Gasteiger partial charge is 0.146 e. The second kappa shape index (κ2) is 4.69. The SMILES string of the molecule is Cn1cc(N)c(Sc2ccc(C(C)(C)C)cc2)n1. The highest BCUT2D eigenvalue weighted by Crippen LogP contribution is 2.32. The van der Waals surface area contributed by atoms with Crippen LogP contribution in [0.4, 0.5) is 5.69 Å². The molecule has 96 valence electrons. The average Bonchev–Trinajstić information content (AvgIpc) is 2.57. The van der Waals surface area contributed by atoms with Crippen LogP contribution in [0, 0.1) is 0 Å². The van der Waals surface area contributed by atoms with Crippen molar-refractivity contribution in [1.29, 1.82) is 0 Å². The number of aryl methyl sites for hydroxylation is 1. The molecular weight excluding hydrogens is 242 g/mol. The minimum atomic E-state index is 0.188. The quantitative estimate of drug-likeness (QED) is 0.900. The van der Waals surface area contributed by atoms with Gasteiger partial charge in [0.1, 0.15) is 5.03 Å². The molecular formula is C14H19N3S. The molecule has 0 aliphatic rings. The molecule has 1 heterocycles. The molecule has 0 radical (unpaired) electrons. The largest absolute Gasteiger partial charge is 0.395 e. The zero-order valence-electron chi connectivity index (χ0n) is 11.3.